The summed E-state index contributed by atoms with van der Waals surface area (Å²) in [6.45, 7) is 6.79. The number of aromatic nitrogens is 2. The minimum Gasteiger partial charge on any atom is -0.495 e. The predicted molar refractivity (Wildman–Crippen MR) is 118 cm³/mol. The lowest BCUT2D eigenvalue weighted by Gasteiger charge is -2.43. The molecule has 0 bridgehead atoms. The van der Waals surface area contributed by atoms with Crippen molar-refractivity contribution < 1.29 is 4.74 Å². The van der Waals surface area contributed by atoms with Gasteiger partial charge in [0.2, 0.25) is 0 Å². The van der Waals surface area contributed by atoms with Gasteiger partial charge in [0.05, 0.1) is 36.1 Å². The molecule has 1 aromatic heterocycles. The third-order valence-corrected chi connectivity index (χ3v) is 6.19. The van der Waals surface area contributed by atoms with E-state index in [0.29, 0.717) is 11.7 Å². The van der Waals surface area contributed by atoms with Crippen LogP contribution in [0, 0.1) is 0 Å². The van der Waals surface area contributed by atoms with Gasteiger partial charge in [-0.25, -0.2) is 0 Å². The molecule has 29 heavy (non-hydrogen) atoms. The van der Waals surface area contributed by atoms with E-state index in [2.05, 4.69) is 38.2 Å². The Morgan fingerprint density at radius 2 is 1.79 bits per heavy atom. The van der Waals surface area contributed by atoms with Gasteiger partial charge in [-0.1, -0.05) is 0 Å². The number of hydrogen-bond donors (Lipinski definition) is 2. The van der Waals surface area contributed by atoms with Crippen molar-refractivity contribution in [2.45, 2.75) is 18.9 Å². The second kappa shape index (κ2) is 8.51. The number of piperidine rings is 1. The first-order chi connectivity index (χ1) is 14.0. The summed E-state index contributed by atoms with van der Waals surface area (Å²) >= 11 is 0. The molecule has 0 atom stereocenters. The lowest BCUT2D eigenvalue weighted by Crippen LogP contribution is -2.52. The molecule has 2 fully saturated rings. The fourth-order valence-corrected chi connectivity index (χ4v) is 4.42. The van der Waals surface area contributed by atoms with Crippen molar-refractivity contribution >= 4 is 22.7 Å². The topological polar surface area (TPSA) is 74.8 Å². The smallest absolute Gasteiger partial charge is 0.143 e. The van der Waals surface area contributed by atoms with Crippen LogP contribution in [0.4, 0.5) is 22.7 Å². The second-order valence-corrected chi connectivity index (χ2v) is 8.20. The van der Waals surface area contributed by atoms with Crippen LogP contribution in [0.15, 0.2) is 24.5 Å². The van der Waals surface area contributed by atoms with Crippen molar-refractivity contribution in [2.75, 3.05) is 69.4 Å². The molecule has 0 spiro atoms. The molecular formula is C21H33N7O. The van der Waals surface area contributed by atoms with Crippen molar-refractivity contribution in [2.24, 2.45) is 7.05 Å². The molecule has 0 unspecified atom stereocenters. The maximum absolute atomic E-state index is 6.20. The van der Waals surface area contributed by atoms with Crippen LogP contribution in [0.2, 0.25) is 0 Å². The van der Waals surface area contributed by atoms with E-state index in [1.54, 1.807) is 11.8 Å². The van der Waals surface area contributed by atoms with Gasteiger partial charge in [0.25, 0.3) is 0 Å². The van der Waals surface area contributed by atoms with E-state index in [1.165, 1.54) is 39.0 Å². The highest BCUT2D eigenvalue weighted by Crippen LogP contribution is 2.38. The molecule has 2 saturated heterocycles. The molecule has 8 nitrogen and oxygen atoms in total. The van der Waals surface area contributed by atoms with Gasteiger partial charge in [0, 0.05) is 64.6 Å². The molecule has 0 aliphatic carbocycles. The predicted octanol–water partition coefficient (Wildman–Crippen LogP) is 1.97. The molecule has 3 heterocycles. The molecule has 3 N–H and O–H groups in total. The van der Waals surface area contributed by atoms with E-state index in [0.717, 1.165) is 35.9 Å². The van der Waals surface area contributed by atoms with Crippen LogP contribution in [-0.4, -0.2) is 79.0 Å². The van der Waals surface area contributed by atoms with Crippen LogP contribution in [0.1, 0.15) is 12.8 Å². The van der Waals surface area contributed by atoms with Gasteiger partial charge in [-0.3, -0.25) is 9.58 Å². The first kappa shape index (κ1) is 19.8. The highest BCUT2D eigenvalue weighted by atomic mass is 16.5. The zero-order valence-corrected chi connectivity index (χ0v) is 17.8. The molecule has 4 rings (SSSR count). The SMILES string of the molecule is COc1cc(N2CCC(N3CCN(C)CC3)CC2)c(Nc2cnn(C)c2)cc1N. The van der Waals surface area contributed by atoms with Crippen molar-refractivity contribution in [3.8, 4) is 5.75 Å². The Labute approximate surface area is 173 Å². The molecule has 2 aliphatic heterocycles. The van der Waals surface area contributed by atoms with E-state index < -0.39 is 0 Å². The summed E-state index contributed by atoms with van der Waals surface area (Å²) in [5.41, 5.74) is 9.92. The number of nitrogens with two attached hydrogens (primary N) is 1. The van der Waals surface area contributed by atoms with Gasteiger partial charge in [-0.05, 0) is 26.0 Å². The summed E-state index contributed by atoms with van der Waals surface area (Å²) in [4.78, 5) is 7.55. The number of ether oxygens (including phenoxy) is 1. The van der Waals surface area contributed by atoms with Crippen molar-refractivity contribution in [3.63, 3.8) is 0 Å². The number of benzene rings is 1. The first-order valence-corrected chi connectivity index (χ1v) is 10.4. The van der Waals surface area contributed by atoms with Gasteiger partial charge in [0.1, 0.15) is 5.75 Å². The third-order valence-electron chi connectivity index (χ3n) is 6.19. The minimum absolute atomic E-state index is 0.634. The number of piperazine rings is 1. The van der Waals surface area contributed by atoms with E-state index in [4.69, 9.17) is 10.5 Å². The molecule has 2 aliphatic rings. The van der Waals surface area contributed by atoms with E-state index >= 15 is 0 Å². The number of likely N-dealkylation sites (N-methyl/N-ethyl adjacent to an activating group) is 1. The van der Waals surface area contributed by atoms with Crippen LogP contribution in [0.5, 0.6) is 5.75 Å². The van der Waals surface area contributed by atoms with Crippen LogP contribution < -0.4 is 20.7 Å². The molecule has 0 amide bonds. The summed E-state index contributed by atoms with van der Waals surface area (Å²) in [5, 5.41) is 7.74. The Kier molecular flexibility index (Phi) is 5.82. The zero-order chi connectivity index (χ0) is 20.4. The van der Waals surface area contributed by atoms with E-state index in [-0.39, 0.29) is 0 Å². The number of aryl methyl sites for hydroxylation is 1. The quantitative estimate of drug-likeness (QED) is 0.745. The van der Waals surface area contributed by atoms with Gasteiger partial charge in [0.15, 0.2) is 0 Å². The number of anilines is 4. The zero-order valence-electron chi connectivity index (χ0n) is 17.8. The normalized spacial score (nSPS) is 19.5. The summed E-state index contributed by atoms with van der Waals surface area (Å²) in [6.07, 6.45) is 6.15. The maximum atomic E-state index is 6.20. The van der Waals surface area contributed by atoms with Crippen molar-refractivity contribution in [1.82, 2.24) is 19.6 Å². The lowest BCUT2D eigenvalue weighted by molar-refractivity contribution is 0.0982. The van der Waals surface area contributed by atoms with Gasteiger partial charge < -0.3 is 25.6 Å². The van der Waals surface area contributed by atoms with Crippen molar-refractivity contribution in [1.29, 1.82) is 0 Å². The molecule has 1 aromatic carbocycles. The Bertz CT molecular complexity index is 820. The molecular weight excluding hydrogens is 366 g/mol. The summed E-state index contributed by atoms with van der Waals surface area (Å²) in [6, 6.07) is 4.71. The van der Waals surface area contributed by atoms with Gasteiger partial charge in [-0.2, -0.15) is 5.10 Å². The molecule has 8 heteroatoms. The number of nitrogens with one attached hydrogen (secondary N) is 1. The molecule has 0 saturated carbocycles. The number of hydrogen-bond acceptors (Lipinski definition) is 7. The van der Waals surface area contributed by atoms with E-state index in [9.17, 15) is 0 Å². The number of nitrogens with zero attached hydrogens (tertiary/aromatic N) is 5. The monoisotopic (exact) mass is 399 g/mol. The van der Waals surface area contributed by atoms with Crippen LogP contribution in [-0.2, 0) is 7.05 Å². The lowest BCUT2D eigenvalue weighted by atomic mass is 10.0. The summed E-state index contributed by atoms with van der Waals surface area (Å²) in [5.74, 6) is 0.720. The van der Waals surface area contributed by atoms with Gasteiger partial charge >= 0.3 is 0 Å². The number of methoxy groups -OCH3 is 1. The third kappa shape index (κ3) is 4.43. The Morgan fingerprint density at radius 1 is 1.07 bits per heavy atom. The number of rotatable bonds is 5. The number of nitrogen functional groups attached to an aromatic ring is 1. The largest absolute Gasteiger partial charge is 0.495 e. The maximum Gasteiger partial charge on any atom is 0.143 e. The summed E-state index contributed by atoms with van der Waals surface area (Å²) in [7, 11) is 5.80. The van der Waals surface area contributed by atoms with E-state index in [1.807, 2.05) is 25.5 Å². The molecule has 158 valence electrons. The second-order valence-electron chi connectivity index (χ2n) is 8.20. The Morgan fingerprint density at radius 3 is 2.41 bits per heavy atom. The van der Waals surface area contributed by atoms with Crippen LogP contribution in [0.25, 0.3) is 0 Å². The summed E-state index contributed by atoms with van der Waals surface area (Å²) < 4.78 is 7.29. The fourth-order valence-electron chi connectivity index (χ4n) is 4.42. The van der Waals surface area contributed by atoms with Crippen LogP contribution in [0.3, 0.4) is 0 Å². The van der Waals surface area contributed by atoms with Crippen LogP contribution >= 0.6 is 0 Å². The fraction of sp³-hybridized carbons (Fsp3) is 0.571. The van der Waals surface area contributed by atoms with Crippen molar-refractivity contribution in [3.05, 3.63) is 24.5 Å². The first-order valence-electron chi connectivity index (χ1n) is 10.4. The molecule has 2 aromatic rings. The van der Waals surface area contributed by atoms with Gasteiger partial charge in [-0.15, -0.1) is 0 Å². The minimum atomic E-state index is 0.634. The molecule has 0 radical (unpaired) electrons. The Balaban J connectivity index is 1.49. The standard InChI is InChI=1S/C21H33N7O/c1-25-8-10-27(11-9-25)17-4-6-28(7-5-17)20-13-21(29-3)18(22)12-19(20)24-16-14-23-26(2)15-16/h12-15,17,24H,4-11,22H2,1-3H3. The highest BCUT2D eigenvalue weighted by molar-refractivity contribution is 5.81. The Hall–Kier alpha value is -2.45. The highest BCUT2D eigenvalue weighted by Gasteiger charge is 2.28. The average Bonchev–Trinajstić information content (AvgIpc) is 3.14. The average molecular weight is 400 g/mol.